The normalized spacial score (nSPS) is 28.4. The highest BCUT2D eigenvalue weighted by molar-refractivity contribution is 7.90. The number of rotatable bonds is 5. The Morgan fingerprint density at radius 3 is 2.30 bits per heavy atom. The summed E-state index contributed by atoms with van der Waals surface area (Å²) in [5.41, 5.74) is -2.89. The maximum atomic E-state index is 13.9. The second-order valence-electron chi connectivity index (χ2n) is 6.08. The molecular weight excluding hydrogens is 289 g/mol. The molecule has 2 fully saturated rings. The first-order valence-electron chi connectivity index (χ1n) is 6.43. The summed E-state index contributed by atoms with van der Waals surface area (Å²) in [5, 5.41) is 8.78. The Hall–Kier alpha value is -1.18. The van der Waals surface area contributed by atoms with Gasteiger partial charge in [-0.15, -0.1) is 0 Å². The maximum absolute atomic E-state index is 13.9. The lowest BCUT2D eigenvalue weighted by atomic mass is 10.0. The third kappa shape index (κ3) is 3.28. The highest BCUT2D eigenvalue weighted by Crippen LogP contribution is 2.50. The van der Waals surface area contributed by atoms with Crippen LogP contribution in [0.3, 0.4) is 0 Å². The molecular formula is C12H18FNO5S. The summed E-state index contributed by atoms with van der Waals surface area (Å²) >= 11 is 0. The fourth-order valence-corrected chi connectivity index (χ4v) is 4.20. The van der Waals surface area contributed by atoms with Crippen LogP contribution in [0.15, 0.2) is 0 Å². The van der Waals surface area contributed by atoms with Gasteiger partial charge in [-0.1, -0.05) is 0 Å². The molecule has 0 aromatic rings. The molecule has 0 spiro atoms. The Labute approximate surface area is 116 Å². The smallest absolute Gasteiger partial charge is 0.343 e. The van der Waals surface area contributed by atoms with Gasteiger partial charge in [-0.2, -0.15) is 0 Å². The number of aliphatic carboxylic acids is 1. The lowest BCUT2D eigenvalue weighted by Crippen LogP contribution is -2.39. The summed E-state index contributed by atoms with van der Waals surface area (Å²) in [5.74, 6) is -1.95. The van der Waals surface area contributed by atoms with Crippen molar-refractivity contribution in [3.05, 3.63) is 0 Å². The number of halogens is 1. The molecule has 114 valence electrons. The van der Waals surface area contributed by atoms with Crippen LogP contribution in [0.2, 0.25) is 0 Å². The maximum Gasteiger partial charge on any atom is 0.343 e. The van der Waals surface area contributed by atoms with Gasteiger partial charge in [-0.3, -0.25) is 4.79 Å². The van der Waals surface area contributed by atoms with E-state index >= 15 is 0 Å². The Morgan fingerprint density at radius 1 is 1.30 bits per heavy atom. The lowest BCUT2D eigenvalue weighted by Gasteiger charge is -2.21. The van der Waals surface area contributed by atoms with Gasteiger partial charge in [0.05, 0.1) is 12.3 Å². The molecule has 1 aliphatic heterocycles. The van der Waals surface area contributed by atoms with Crippen LogP contribution in [0.1, 0.15) is 25.7 Å². The van der Waals surface area contributed by atoms with Gasteiger partial charge in [0.25, 0.3) is 0 Å². The van der Waals surface area contributed by atoms with Gasteiger partial charge in [0, 0.05) is 25.6 Å². The van der Waals surface area contributed by atoms with Gasteiger partial charge in [0.1, 0.15) is 9.84 Å². The molecule has 1 N–H and O–H groups in total. The molecule has 1 amide bonds. The van der Waals surface area contributed by atoms with Gasteiger partial charge >= 0.3 is 5.97 Å². The molecule has 0 aromatic heterocycles. The fourth-order valence-electron chi connectivity index (χ4n) is 2.70. The highest BCUT2D eigenvalue weighted by atomic mass is 32.2. The Bertz CT molecular complexity index is 542. The van der Waals surface area contributed by atoms with Gasteiger partial charge in [0.15, 0.2) is 0 Å². The topological polar surface area (TPSA) is 91.8 Å². The fraction of sp³-hybridized carbons (Fsp3) is 0.833. The van der Waals surface area contributed by atoms with E-state index in [9.17, 15) is 22.4 Å². The third-order valence-electron chi connectivity index (χ3n) is 4.01. The van der Waals surface area contributed by atoms with Crippen LogP contribution in [0, 0.1) is 5.41 Å². The summed E-state index contributed by atoms with van der Waals surface area (Å²) in [7, 11) is -3.16. The monoisotopic (exact) mass is 307 g/mol. The molecule has 2 rings (SSSR count). The molecule has 20 heavy (non-hydrogen) atoms. The van der Waals surface area contributed by atoms with Crippen molar-refractivity contribution >= 4 is 21.7 Å². The van der Waals surface area contributed by atoms with Crippen molar-refractivity contribution in [3.63, 3.8) is 0 Å². The first-order chi connectivity index (χ1) is 9.05. The number of sulfone groups is 1. The van der Waals surface area contributed by atoms with Gasteiger partial charge in [0.2, 0.25) is 11.6 Å². The van der Waals surface area contributed by atoms with Crippen molar-refractivity contribution in [2.75, 3.05) is 25.1 Å². The van der Waals surface area contributed by atoms with E-state index in [4.69, 9.17) is 5.11 Å². The standard InChI is InChI=1S/C12H18FNO5S/c1-20(18,19)8-11(2-3-11)6-9(15)14-5-4-12(13,7-14)10(16)17/h2-8H2,1H3,(H,16,17). The van der Waals surface area contributed by atoms with Crippen LogP contribution in [0.25, 0.3) is 0 Å². The minimum absolute atomic E-state index is 0.0424. The largest absolute Gasteiger partial charge is 0.479 e. The van der Waals surface area contributed by atoms with Gasteiger partial charge in [-0.05, 0) is 18.3 Å². The van der Waals surface area contributed by atoms with Crippen molar-refractivity contribution < 1.29 is 27.5 Å². The lowest BCUT2D eigenvalue weighted by molar-refractivity contribution is -0.150. The zero-order valence-corrected chi connectivity index (χ0v) is 12.1. The number of hydrogen-bond donors (Lipinski definition) is 1. The molecule has 0 bridgehead atoms. The minimum Gasteiger partial charge on any atom is -0.479 e. The van der Waals surface area contributed by atoms with E-state index in [0.29, 0.717) is 12.8 Å². The van der Waals surface area contributed by atoms with Crippen LogP contribution in [0.5, 0.6) is 0 Å². The summed E-state index contributed by atoms with van der Waals surface area (Å²) in [6.45, 7) is -0.382. The third-order valence-corrected chi connectivity index (χ3v) is 5.14. The average Bonchev–Trinajstić information content (AvgIpc) is 2.87. The van der Waals surface area contributed by atoms with E-state index in [1.54, 1.807) is 0 Å². The van der Waals surface area contributed by atoms with E-state index in [0.717, 1.165) is 6.26 Å². The van der Waals surface area contributed by atoms with Crippen molar-refractivity contribution in [1.29, 1.82) is 0 Å². The number of carboxylic acids is 1. The predicted molar refractivity (Wildman–Crippen MR) is 68.7 cm³/mol. The zero-order chi connectivity index (χ0) is 15.2. The number of carbonyl (C=O) groups excluding carboxylic acids is 1. The summed E-state index contributed by atoms with van der Waals surface area (Å²) in [6, 6.07) is 0. The molecule has 0 aromatic carbocycles. The van der Waals surface area contributed by atoms with E-state index in [1.807, 2.05) is 0 Å². The Balaban J connectivity index is 1.96. The second kappa shape index (κ2) is 4.68. The minimum atomic E-state index is -3.16. The molecule has 1 unspecified atom stereocenters. The number of nitrogens with zero attached hydrogens (tertiary/aromatic N) is 1. The molecule has 0 radical (unpaired) electrons. The molecule has 1 saturated carbocycles. The van der Waals surface area contributed by atoms with Crippen LogP contribution in [-0.4, -0.2) is 61.1 Å². The molecule has 8 heteroatoms. The number of alkyl halides is 1. The SMILES string of the molecule is CS(=O)(=O)CC1(CC(=O)N2CCC(F)(C(=O)O)C2)CC1. The van der Waals surface area contributed by atoms with Crippen LogP contribution < -0.4 is 0 Å². The van der Waals surface area contributed by atoms with Crippen LogP contribution in [-0.2, 0) is 19.4 Å². The quantitative estimate of drug-likeness (QED) is 0.785. The first-order valence-corrected chi connectivity index (χ1v) is 8.49. The zero-order valence-electron chi connectivity index (χ0n) is 11.3. The number of likely N-dealkylation sites (tertiary alicyclic amines) is 1. The van der Waals surface area contributed by atoms with Crippen LogP contribution in [0.4, 0.5) is 4.39 Å². The number of amides is 1. The average molecular weight is 307 g/mol. The number of carbonyl (C=O) groups is 2. The Kier molecular flexibility index (Phi) is 3.56. The summed E-state index contributed by atoms with van der Waals surface area (Å²) in [4.78, 5) is 24.0. The predicted octanol–water partition coefficient (Wildman–Crippen LogP) is 0.226. The van der Waals surface area contributed by atoms with Crippen molar-refractivity contribution in [2.45, 2.75) is 31.4 Å². The van der Waals surface area contributed by atoms with Crippen LogP contribution >= 0.6 is 0 Å². The second-order valence-corrected chi connectivity index (χ2v) is 8.22. The first kappa shape index (κ1) is 15.2. The van der Waals surface area contributed by atoms with E-state index in [-0.39, 0.29) is 31.0 Å². The number of hydrogen-bond acceptors (Lipinski definition) is 4. The van der Waals surface area contributed by atoms with Gasteiger partial charge in [-0.25, -0.2) is 17.6 Å². The van der Waals surface area contributed by atoms with Crippen molar-refractivity contribution in [2.24, 2.45) is 5.41 Å². The molecule has 6 nitrogen and oxygen atoms in total. The molecule has 1 heterocycles. The van der Waals surface area contributed by atoms with E-state index in [1.165, 1.54) is 4.90 Å². The van der Waals surface area contributed by atoms with Gasteiger partial charge < -0.3 is 10.0 Å². The summed E-state index contributed by atoms with van der Waals surface area (Å²) < 4.78 is 36.5. The van der Waals surface area contributed by atoms with E-state index in [2.05, 4.69) is 0 Å². The Morgan fingerprint density at radius 2 is 1.90 bits per heavy atom. The highest BCUT2D eigenvalue weighted by Gasteiger charge is 2.51. The molecule has 1 aliphatic carbocycles. The number of carboxylic acid groups (broad SMARTS) is 1. The van der Waals surface area contributed by atoms with E-state index < -0.39 is 33.4 Å². The molecule has 1 atom stereocenters. The van der Waals surface area contributed by atoms with Crippen molar-refractivity contribution in [3.8, 4) is 0 Å². The molecule has 2 aliphatic rings. The summed E-state index contributed by atoms with van der Waals surface area (Å²) in [6.07, 6.45) is 2.30. The van der Waals surface area contributed by atoms with Crippen molar-refractivity contribution in [1.82, 2.24) is 4.90 Å². The molecule has 1 saturated heterocycles.